The molecule has 0 aliphatic carbocycles. The van der Waals surface area contributed by atoms with Crippen LogP contribution in [0, 0.1) is 23.7 Å². The lowest BCUT2D eigenvalue weighted by Gasteiger charge is -2.47. The topological polar surface area (TPSA) is 122 Å². The first kappa shape index (κ1) is 19.4. The number of nitrogens with one attached hydrogen (secondary N) is 2. The first-order valence-electron chi connectivity index (χ1n) is 10.4. The normalized spacial score (nSPS) is 38.4. The molecule has 6 heterocycles. The molecular formula is C19H30N4O5. The molecule has 9 heteroatoms. The van der Waals surface area contributed by atoms with E-state index in [9.17, 15) is 24.6 Å². The highest BCUT2D eigenvalue weighted by atomic mass is 16.4. The van der Waals surface area contributed by atoms with E-state index in [2.05, 4.69) is 20.4 Å². The van der Waals surface area contributed by atoms with Gasteiger partial charge in [0.15, 0.2) is 0 Å². The molecule has 4 N–H and O–H groups in total. The zero-order chi connectivity index (χ0) is 19.8. The molecule has 9 nitrogen and oxygen atoms in total. The van der Waals surface area contributed by atoms with Crippen molar-refractivity contribution in [3.8, 4) is 0 Å². The first-order valence-corrected chi connectivity index (χ1v) is 10.4. The fraction of sp³-hybridized carbons (Fsp3) is 0.842. The lowest BCUT2D eigenvalue weighted by Crippen LogP contribution is -2.62. The Morgan fingerprint density at radius 3 is 1.32 bits per heavy atom. The maximum Gasteiger partial charge on any atom is 0.326 e. The lowest BCUT2D eigenvalue weighted by atomic mass is 9.75. The van der Waals surface area contributed by atoms with E-state index in [1.54, 1.807) is 0 Å². The maximum atomic E-state index is 12.6. The fourth-order valence-corrected chi connectivity index (χ4v) is 5.80. The van der Waals surface area contributed by atoms with Gasteiger partial charge in [-0.05, 0) is 63.7 Å². The van der Waals surface area contributed by atoms with Gasteiger partial charge in [-0.3, -0.25) is 0 Å². The van der Waals surface area contributed by atoms with Crippen molar-refractivity contribution >= 4 is 18.0 Å². The predicted octanol–water partition coefficient (Wildman–Crippen LogP) is -0.124. The van der Waals surface area contributed by atoms with Gasteiger partial charge in [0, 0.05) is 24.9 Å². The number of hydrogen-bond acceptors (Lipinski definition) is 5. The molecule has 4 atom stereocenters. The number of fused-ring (bicyclic) bond motifs is 6. The van der Waals surface area contributed by atoms with Gasteiger partial charge in [-0.2, -0.15) is 0 Å². The summed E-state index contributed by atoms with van der Waals surface area (Å²) >= 11 is 0. The summed E-state index contributed by atoms with van der Waals surface area (Å²) in [7, 11) is 0. The standard InChI is InChI=1S/C19H30N4O5/c24-17(25)15(13-9-22-5-1-11(13)2-6-22)20-19(28)21-16(18(26)27)14-10-23-7-3-12(14)4-8-23/h11-16H,1-10H2,(H,24,25)(H,26,27)(H2,20,21,28)/t13-,14-,15?,16?/m0/s1. The van der Waals surface area contributed by atoms with Crippen LogP contribution in [0.4, 0.5) is 4.79 Å². The van der Waals surface area contributed by atoms with Crippen LogP contribution in [0.2, 0.25) is 0 Å². The van der Waals surface area contributed by atoms with E-state index in [0.29, 0.717) is 24.9 Å². The van der Waals surface area contributed by atoms with Gasteiger partial charge < -0.3 is 30.6 Å². The van der Waals surface area contributed by atoms with Gasteiger partial charge in [-0.25, -0.2) is 14.4 Å². The Kier molecular flexibility index (Phi) is 5.46. The average molecular weight is 394 g/mol. The third-order valence-electron chi connectivity index (χ3n) is 7.38. The number of aliphatic carboxylic acids is 2. The molecule has 156 valence electrons. The second-order valence-corrected chi connectivity index (χ2v) is 8.85. The Balaban J connectivity index is 1.41. The van der Waals surface area contributed by atoms with Gasteiger partial charge >= 0.3 is 18.0 Å². The van der Waals surface area contributed by atoms with E-state index in [1.807, 2.05) is 0 Å². The first-order chi connectivity index (χ1) is 13.4. The number of hydrogen-bond donors (Lipinski definition) is 4. The predicted molar refractivity (Wildman–Crippen MR) is 99.8 cm³/mol. The number of amides is 2. The zero-order valence-corrected chi connectivity index (χ0v) is 16.0. The zero-order valence-electron chi connectivity index (χ0n) is 16.0. The van der Waals surface area contributed by atoms with Crippen molar-refractivity contribution in [3.05, 3.63) is 0 Å². The number of carbonyl (C=O) groups excluding carboxylic acids is 1. The van der Waals surface area contributed by atoms with Gasteiger partial charge in [-0.1, -0.05) is 0 Å². The van der Waals surface area contributed by atoms with Crippen molar-refractivity contribution in [2.75, 3.05) is 39.3 Å². The molecule has 0 saturated carbocycles. The van der Waals surface area contributed by atoms with Gasteiger partial charge in [0.1, 0.15) is 12.1 Å². The molecule has 6 aliphatic heterocycles. The molecule has 6 fully saturated rings. The molecule has 2 unspecified atom stereocenters. The highest BCUT2D eigenvalue weighted by Gasteiger charge is 2.44. The summed E-state index contributed by atoms with van der Waals surface area (Å²) in [6.07, 6.45) is 3.81. The molecule has 0 spiro atoms. The molecule has 6 saturated heterocycles. The minimum absolute atomic E-state index is 0.133. The van der Waals surface area contributed by atoms with Crippen LogP contribution in [0.1, 0.15) is 25.7 Å². The number of urea groups is 1. The molecule has 6 aliphatic rings. The Morgan fingerprint density at radius 2 is 1.07 bits per heavy atom. The van der Waals surface area contributed by atoms with Crippen LogP contribution in [0.25, 0.3) is 0 Å². The number of rotatable bonds is 6. The number of piperidine rings is 6. The van der Waals surface area contributed by atoms with E-state index < -0.39 is 30.1 Å². The van der Waals surface area contributed by atoms with Crippen LogP contribution in [0.3, 0.4) is 0 Å². The summed E-state index contributed by atoms with van der Waals surface area (Å²) in [5.74, 6) is -1.78. The summed E-state index contributed by atoms with van der Waals surface area (Å²) in [5, 5.41) is 24.6. The summed E-state index contributed by atoms with van der Waals surface area (Å²) in [6.45, 7) is 5.29. The third kappa shape index (κ3) is 3.82. The lowest BCUT2D eigenvalue weighted by molar-refractivity contribution is -0.143. The number of nitrogens with zero attached hydrogens (tertiary/aromatic N) is 2. The van der Waals surface area contributed by atoms with Crippen molar-refractivity contribution in [1.82, 2.24) is 20.4 Å². The second-order valence-electron chi connectivity index (χ2n) is 8.85. The van der Waals surface area contributed by atoms with Crippen LogP contribution >= 0.6 is 0 Å². The summed E-state index contributed by atoms with van der Waals surface area (Å²) in [6, 6.07) is -2.67. The summed E-state index contributed by atoms with van der Waals surface area (Å²) in [4.78, 5) is 40.8. The monoisotopic (exact) mass is 394 g/mol. The van der Waals surface area contributed by atoms with E-state index >= 15 is 0 Å². The smallest absolute Gasteiger partial charge is 0.326 e. The molecular weight excluding hydrogens is 364 g/mol. The van der Waals surface area contributed by atoms with Crippen LogP contribution in [-0.4, -0.2) is 89.3 Å². The minimum Gasteiger partial charge on any atom is -0.480 e. The minimum atomic E-state index is -1.05. The van der Waals surface area contributed by atoms with Crippen molar-refractivity contribution in [3.63, 3.8) is 0 Å². The highest BCUT2D eigenvalue weighted by molar-refractivity contribution is 5.86. The largest absolute Gasteiger partial charge is 0.480 e. The van der Waals surface area contributed by atoms with Crippen LogP contribution in [0.15, 0.2) is 0 Å². The van der Waals surface area contributed by atoms with Gasteiger partial charge in [0.2, 0.25) is 0 Å². The molecule has 28 heavy (non-hydrogen) atoms. The van der Waals surface area contributed by atoms with Gasteiger partial charge in [-0.15, -0.1) is 0 Å². The van der Waals surface area contributed by atoms with Crippen molar-refractivity contribution in [2.45, 2.75) is 37.8 Å². The van der Waals surface area contributed by atoms with Crippen LogP contribution in [-0.2, 0) is 9.59 Å². The third-order valence-corrected chi connectivity index (χ3v) is 7.38. The van der Waals surface area contributed by atoms with Crippen molar-refractivity contribution in [1.29, 1.82) is 0 Å². The molecule has 0 aromatic rings. The average Bonchev–Trinajstić information content (AvgIpc) is 2.71. The Morgan fingerprint density at radius 1 is 0.714 bits per heavy atom. The molecule has 2 amide bonds. The van der Waals surface area contributed by atoms with Gasteiger partial charge in [0.25, 0.3) is 0 Å². The number of carboxylic acid groups (broad SMARTS) is 2. The Bertz CT molecular complexity index is 576. The maximum absolute atomic E-state index is 12.6. The molecule has 0 radical (unpaired) electrons. The Hall–Kier alpha value is -1.87. The quantitative estimate of drug-likeness (QED) is 0.495. The van der Waals surface area contributed by atoms with Crippen molar-refractivity contribution < 1.29 is 24.6 Å². The van der Waals surface area contributed by atoms with Crippen LogP contribution < -0.4 is 10.6 Å². The SMILES string of the molecule is O=C(NC(C(=O)O)[C@H]1CN2CCC1CC2)NC(C(=O)O)[C@H]1CN2CCC1CC2. The van der Waals surface area contributed by atoms with E-state index in [1.165, 1.54) is 0 Å². The molecule has 4 bridgehead atoms. The summed E-state index contributed by atoms with van der Waals surface area (Å²) in [5.41, 5.74) is 0. The Labute approximate surface area is 164 Å². The van der Waals surface area contributed by atoms with Gasteiger partial charge in [0.05, 0.1) is 0 Å². The number of carboxylic acids is 2. The molecule has 0 aromatic carbocycles. The van der Waals surface area contributed by atoms with E-state index in [-0.39, 0.29) is 11.8 Å². The van der Waals surface area contributed by atoms with Crippen molar-refractivity contribution in [2.24, 2.45) is 23.7 Å². The van der Waals surface area contributed by atoms with Crippen LogP contribution in [0.5, 0.6) is 0 Å². The van der Waals surface area contributed by atoms with E-state index in [0.717, 1.165) is 51.9 Å². The van der Waals surface area contributed by atoms with E-state index in [4.69, 9.17) is 0 Å². The highest BCUT2D eigenvalue weighted by Crippen LogP contribution is 2.35. The molecule has 0 aromatic heterocycles. The second kappa shape index (κ2) is 7.87. The number of carbonyl (C=O) groups is 3. The molecule has 6 rings (SSSR count). The summed E-state index contributed by atoms with van der Waals surface area (Å²) < 4.78 is 0. The fourth-order valence-electron chi connectivity index (χ4n) is 5.80.